The highest BCUT2D eigenvalue weighted by Gasteiger charge is 2.05. The molecule has 4 heteroatoms. The maximum atomic E-state index is 12.6. The molecule has 2 aromatic heterocycles. The van der Waals surface area contributed by atoms with Crippen molar-refractivity contribution >= 4 is 16.7 Å². The van der Waals surface area contributed by atoms with Gasteiger partial charge in [-0.05, 0) is 54.7 Å². The summed E-state index contributed by atoms with van der Waals surface area (Å²) in [5, 5.41) is 4.13. The van der Waals surface area contributed by atoms with Crippen LogP contribution in [0, 0.1) is 5.92 Å². The second kappa shape index (κ2) is 7.39. The largest absolute Gasteiger partial charge is 0.373 e. The number of pyridine rings is 2. The van der Waals surface area contributed by atoms with Gasteiger partial charge in [0.25, 0.3) is 0 Å². The van der Waals surface area contributed by atoms with E-state index in [9.17, 15) is 4.39 Å². The van der Waals surface area contributed by atoms with Gasteiger partial charge in [-0.25, -0.2) is 9.97 Å². The van der Waals surface area contributed by atoms with Crippen molar-refractivity contribution in [3.05, 3.63) is 54.2 Å². The van der Waals surface area contributed by atoms with Crippen molar-refractivity contribution in [3.63, 3.8) is 0 Å². The van der Waals surface area contributed by atoms with E-state index in [0.29, 0.717) is 0 Å². The lowest BCUT2D eigenvalue weighted by Gasteiger charge is -2.08. The molecule has 1 N–H and O–H groups in total. The van der Waals surface area contributed by atoms with Crippen LogP contribution in [0.4, 0.5) is 10.2 Å². The predicted molar refractivity (Wildman–Crippen MR) is 98.0 cm³/mol. The Morgan fingerprint density at radius 1 is 1.12 bits per heavy atom. The molecule has 124 valence electrons. The average Bonchev–Trinajstić information content (AvgIpc) is 2.65. The molecule has 1 unspecified atom stereocenters. The zero-order valence-electron chi connectivity index (χ0n) is 14.1. The van der Waals surface area contributed by atoms with Crippen LogP contribution in [0.5, 0.6) is 0 Å². The summed E-state index contributed by atoms with van der Waals surface area (Å²) in [6.45, 7) is 1.70. The number of alkyl halides is 1. The normalized spacial score (nSPS) is 12.3. The Hall–Kier alpha value is -2.49. The van der Waals surface area contributed by atoms with Crippen LogP contribution >= 0.6 is 0 Å². The number of hydrogen-bond donors (Lipinski definition) is 1. The van der Waals surface area contributed by atoms with E-state index in [1.807, 2.05) is 44.4 Å². The van der Waals surface area contributed by atoms with E-state index in [2.05, 4.69) is 28.5 Å². The molecule has 2 heterocycles. The van der Waals surface area contributed by atoms with Gasteiger partial charge >= 0.3 is 0 Å². The van der Waals surface area contributed by atoms with Gasteiger partial charge in [0.2, 0.25) is 0 Å². The van der Waals surface area contributed by atoms with E-state index in [1.165, 1.54) is 5.56 Å². The number of nitrogens with one attached hydrogen (secondary N) is 1. The Bertz CT molecular complexity index is 815. The molecule has 0 bridgehead atoms. The van der Waals surface area contributed by atoms with Gasteiger partial charge in [0, 0.05) is 24.2 Å². The number of halogens is 1. The molecule has 3 aromatic rings. The van der Waals surface area contributed by atoms with Gasteiger partial charge in [-0.3, -0.25) is 4.39 Å². The van der Waals surface area contributed by atoms with Crippen LogP contribution in [-0.2, 0) is 6.42 Å². The van der Waals surface area contributed by atoms with Crippen molar-refractivity contribution in [1.29, 1.82) is 0 Å². The first-order valence-corrected chi connectivity index (χ1v) is 8.29. The summed E-state index contributed by atoms with van der Waals surface area (Å²) < 4.78 is 12.6. The van der Waals surface area contributed by atoms with Gasteiger partial charge in [0.15, 0.2) is 0 Å². The fraction of sp³-hybridized carbons (Fsp3) is 0.300. The summed E-state index contributed by atoms with van der Waals surface area (Å²) in [6, 6.07) is 14.4. The van der Waals surface area contributed by atoms with Gasteiger partial charge in [-0.1, -0.05) is 19.1 Å². The van der Waals surface area contributed by atoms with Crippen LogP contribution in [0.15, 0.2) is 48.7 Å². The number of aromatic nitrogens is 2. The minimum absolute atomic E-state index is 0.120. The Labute approximate surface area is 142 Å². The van der Waals surface area contributed by atoms with Gasteiger partial charge in [0.1, 0.15) is 5.82 Å². The quantitative estimate of drug-likeness (QED) is 0.703. The van der Waals surface area contributed by atoms with Crippen molar-refractivity contribution < 1.29 is 4.39 Å². The lowest BCUT2D eigenvalue weighted by Crippen LogP contribution is -1.99. The molecular formula is C20H22FN3. The second-order valence-corrected chi connectivity index (χ2v) is 6.20. The standard InChI is InChI=1S/C20H22FN3/c1-14(12-21)3-4-15-5-8-18-16(11-15)6-9-19(24-18)17-7-10-20(22-2)23-13-17/h5-11,13-14H,3-4,12H2,1-2H3,(H,22,23). The Morgan fingerprint density at radius 3 is 2.71 bits per heavy atom. The number of benzene rings is 1. The Balaban J connectivity index is 1.83. The zero-order valence-corrected chi connectivity index (χ0v) is 14.1. The smallest absolute Gasteiger partial charge is 0.125 e. The zero-order chi connectivity index (χ0) is 16.9. The molecular weight excluding hydrogens is 301 g/mol. The van der Waals surface area contributed by atoms with Gasteiger partial charge in [-0.2, -0.15) is 0 Å². The van der Waals surface area contributed by atoms with Crippen LogP contribution in [0.3, 0.4) is 0 Å². The molecule has 1 atom stereocenters. The van der Waals surface area contributed by atoms with Gasteiger partial charge < -0.3 is 5.32 Å². The second-order valence-electron chi connectivity index (χ2n) is 6.20. The first-order valence-electron chi connectivity index (χ1n) is 8.29. The predicted octanol–water partition coefficient (Wildman–Crippen LogP) is 4.88. The molecule has 24 heavy (non-hydrogen) atoms. The first-order chi connectivity index (χ1) is 11.7. The van der Waals surface area contributed by atoms with Crippen molar-refractivity contribution in [1.82, 2.24) is 9.97 Å². The van der Waals surface area contributed by atoms with Crippen molar-refractivity contribution in [3.8, 4) is 11.3 Å². The maximum Gasteiger partial charge on any atom is 0.125 e. The van der Waals surface area contributed by atoms with Gasteiger partial charge in [0.05, 0.1) is 17.9 Å². The minimum Gasteiger partial charge on any atom is -0.373 e. The van der Waals surface area contributed by atoms with Gasteiger partial charge in [-0.15, -0.1) is 0 Å². The van der Waals surface area contributed by atoms with E-state index >= 15 is 0 Å². The van der Waals surface area contributed by atoms with E-state index < -0.39 is 0 Å². The van der Waals surface area contributed by atoms with Crippen LogP contribution in [0.1, 0.15) is 18.9 Å². The summed E-state index contributed by atoms with van der Waals surface area (Å²) >= 11 is 0. The molecule has 0 fully saturated rings. The molecule has 0 aliphatic rings. The molecule has 0 aliphatic carbocycles. The third kappa shape index (κ3) is 3.70. The van der Waals surface area contributed by atoms with Crippen LogP contribution in [0.25, 0.3) is 22.2 Å². The molecule has 0 amide bonds. The highest BCUT2D eigenvalue weighted by atomic mass is 19.1. The molecule has 1 aromatic carbocycles. The summed E-state index contributed by atoms with van der Waals surface area (Å²) in [5.41, 5.74) is 4.11. The van der Waals surface area contributed by atoms with Crippen molar-refractivity contribution in [2.45, 2.75) is 19.8 Å². The molecule has 0 aliphatic heterocycles. The fourth-order valence-corrected chi connectivity index (χ4v) is 2.67. The molecule has 0 radical (unpaired) electrons. The van der Waals surface area contributed by atoms with E-state index in [-0.39, 0.29) is 12.6 Å². The SMILES string of the molecule is CNc1ccc(-c2ccc3cc(CCC(C)CF)ccc3n2)cn1. The van der Waals surface area contributed by atoms with E-state index in [0.717, 1.165) is 40.8 Å². The molecule has 3 rings (SSSR count). The highest BCUT2D eigenvalue weighted by Crippen LogP contribution is 2.23. The summed E-state index contributed by atoms with van der Waals surface area (Å²) in [6.07, 6.45) is 3.60. The fourth-order valence-electron chi connectivity index (χ4n) is 2.67. The lowest BCUT2D eigenvalue weighted by molar-refractivity contribution is 0.366. The number of aryl methyl sites for hydroxylation is 1. The summed E-state index contributed by atoms with van der Waals surface area (Å²) in [7, 11) is 1.85. The maximum absolute atomic E-state index is 12.6. The Morgan fingerprint density at radius 2 is 2.00 bits per heavy atom. The van der Waals surface area contributed by atoms with Crippen molar-refractivity contribution in [2.24, 2.45) is 5.92 Å². The number of anilines is 1. The lowest BCUT2D eigenvalue weighted by atomic mass is 10.0. The molecule has 0 saturated carbocycles. The van der Waals surface area contributed by atoms with E-state index in [4.69, 9.17) is 4.98 Å². The Kier molecular flexibility index (Phi) is 5.04. The van der Waals surface area contributed by atoms with Crippen LogP contribution in [0.2, 0.25) is 0 Å². The summed E-state index contributed by atoms with van der Waals surface area (Å²) in [5.74, 6) is 0.959. The third-order valence-electron chi connectivity index (χ3n) is 4.26. The molecule has 3 nitrogen and oxygen atoms in total. The van der Waals surface area contributed by atoms with Crippen LogP contribution in [-0.4, -0.2) is 23.7 Å². The van der Waals surface area contributed by atoms with E-state index in [1.54, 1.807) is 0 Å². The summed E-state index contributed by atoms with van der Waals surface area (Å²) in [4.78, 5) is 9.07. The van der Waals surface area contributed by atoms with Crippen molar-refractivity contribution in [2.75, 3.05) is 19.0 Å². The monoisotopic (exact) mass is 323 g/mol. The topological polar surface area (TPSA) is 37.8 Å². The molecule has 0 spiro atoms. The highest BCUT2D eigenvalue weighted by molar-refractivity contribution is 5.82. The number of hydrogen-bond acceptors (Lipinski definition) is 3. The molecule has 0 saturated heterocycles. The number of fused-ring (bicyclic) bond motifs is 1. The minimum atomic E-state index is -0.251. The number of rotatable bonds is 6. The van der Waals surface area contributed by atoms with Crippen LogP contribution < -0.4 is 5.32 Å². The average molecular weight is 323 g/mol. The first kappa shape index (κ1) is 16.4. The number of nitrogens with zero attached hydrogens (tertiary/aromatic N) is 2. The third-order valence-corrected chi connectivity index (χ3v) is 4.26.